The van der Waals surface area contributed by atoms with Crippen molar-refractivity contribution in [3.05, 3.63) is 29.8 Å². The molecule has 102 valence electrons. The van der Waals surface area contributed by atoms with E-state index in [9.17, 15) is 9.59 Å². The molecule has 1 aromatic carbocycles. The van der Waals surface area contributed by atoms with E-state index >= 15 is 0 Å². The first-order valence-electron chi connectivity index (χ1n) is 6.28. The minimum atomic E-state index is -0.595. The van der Waals surface area contributed by atoms with Gasteiger partial charge >= 0.3 is 12.1 Å². The van der Waals surface area contributed by atoms with Crippen molar-refractivity contribution < 1.29 is 9.59 Å². The number of anilines is 1. The molecule has 19 heavy (non-hydrogen) atoms. The Bertz CT molecular complexity index is 468. The number of nitrogens with two attached hydrogens (primary N) is 1. The van der Waals surface area contributed by atoms with Gasteiger partial charge in [0.05, 0.1) is 6.04 Å². The fourth-order valence-electron chi connectivity index (χ4n) is 1.73. The highest BCUT2D eigenvalue weighted by atomic mass is 16.2. The van der Waals surface area contributed by atoms with Crippen molar-refractivity contribution in [2.24, 2.45) is 5.73 Å². The minimum Gasteiger partial charge on any atom is -0.351 e. The second kappa shape index (κ2) is 5.60. The lowest BCUT2D eigenvalue weighted by Gasteiger charge is -2.15. The number of nitrogens with one attached hydrogen (secondary N) is 3. The molecule has 2 rings (SSSR count). The monoisotopic (exact) mass is 262 g/mol. The molecule has 1 saturated carbocycles. The van der Waals surface area contributed by atoms with Crippen molar-refractivity contribution in [1.29, 1.82) is 0 Å². The van der Waals surface area contributed by atoms with Crippen LogP contribution in [0.25, 0.3) is 0 Å². The van der Waals surface area contributed by atoms with E-state index in [4.69, 9.17) is 5.73 Å². The van der Waals surface area contributed by atoms with Gasteiger partial charge in [0.25, 0.3) is 0 Å². The number of carbonyl (C=O) groups is 2. The third-order valence-corrected chi connectivity index (χ3v) is 2.94. The fourth-order valence-corrected chi connectivity index (χ4v) is 1.73. The van der Waals surface area contributed by atoms with Gasteiger partial charge in [0, 0.05) is 11.7 Å². The number of amides is 4. The lowest BCUT2D eigenvalue weighted by molar-refractivity contribution is 0.237. The zero-order valence-corrected chi connectivity index (χ0v) is 10.8. The maximum Gasteiger partial charge on any atom is 0.316 e. The maximum absolute atomic E-state index is 11.6. The van der Waals surface area contributed by atoms with E-state index in [0.717, 1.165) is 18.4 Å². The van der Waals surface area contributed by atoms with Gasteiger partial charge in [-0.05, 0) is 37.5 Å². The standard InChI is InChI=1S/C13H18N4O2/c1-8(15-13(19)17-11-6-7-11)9-2-4-10(5-3-9)16-12(14)18/h2-5,8,11H,6-7H2,1H3,(H3,14,16,18)(H2,15,17,19)/t8-/m0/s1. The molecule has 0 bridgehead atoms. The van der Waals surface area contributed by atoms with E-state index in [1.807, 2.05) is 19.1 Å². The fraction of sp³-hybridized carbons (Fsp3) is 0.385. The van der Waals surface area contributed by atoms with Gasteiger partial charge in [0.2, 0.25) is 0 Å². The third kappa shape index (κ3) is 4.17. The Morgan fingerprint density at radius 1 is 1.26 bits per heavy atom. The summed E-state index contributed by atoms with van der Waals surface area (Å²) in [7, 11) is 0. The van der Waals surface area contributed by atoms with Crippen molar-refractivity contribution in [2.45, 2.75) is 31.8 Å². The zero-order chi connectivity index (χ0) is 13.8. The second-order valence-electron chi connectivity index (χ2n) is 4.73. The predicted molar refractivity (Wildman–Crippen MR) is 72.8 cm³/mol. The zero-order valence-electron chi connectivity index (χ0n) is 10.8. The number of benzene rings is 1. The molecule has 4 amide bonds. The maximum atomic E-state index is 11.6. The topological polar surface area (TPSA) is 96.2 Å². The van der Waals surface area contributed by atoms with Crippen molar-refractivity contribution in [3.63, 3.8) is 0 Å². The Morgan fingerprint density at radius 2 is 1.89 bits per heavy atom. The molecule has 1 aromatic rings. The summed E-state index contributed by atoms with van der Waals surface area (Å²) in [5.74, 6) is 0. The first kappa shape index (κ1) is 13.2. The van der Waals surface area contributed by atoms with Crippen LogP contribution in [0.3, 0.4) is 0 Å². The molecular weight excluding hydrogens is 244 g/mol. The molecule has 6 nitrogen and oxygen atoms in total. The summed E-state index contributed by atoms with van der Waals surface area (Å²) in [6, 6.07) is 6.68. The molecule has 1 fully saturated rings. The van der Waals surface area contributed by atoms with Crippen LogP contribution >= 0.6 is 0 Å². The number of urea groups is 2. The first-order chi connectivity index (χ1) is 9.04. The molecule has 6 heteroatoms. The van der Waals surface area contributed by atoms with Gasteiger partial charge in [-0.2, -0.15) is 0 Å². The van der Waals surface area contributed by atoms with Crippen molar-refractivity contribution >= 4 is 17.7 Å². The normalized spacial score (nSPS) is 15.4. The highest BCUT2D eigenvalue weighted by molar-refractivity contribution is 5.87. The van der Waals surface area contributed by atoms with Crippen molar-refractivity contribution in [1.82, 2.24) is 10.6 Å². The molecule has 0 heterocycles. The molecular formula is C13H18N4O2. The van der Waals surface area contributed by atoms with E-state index in [1.165, 1.54) is 0 Å². The lowest BCUT2D eigenvalue weighted by atomic mass is 10.1. The molecule has 1 aliphatic carbocycles. The van der Waals surface area contributed by atoms with Crippen molar-refractivity contribution in [3.8, 4) is 0 Å². The summed E-state index contributed by atoms with van der Waals surface area (Å²) >= 11 is 0. The van der Waals surface area contributed by atoms with Crippen molar-refractivity contribution in [2.75, 3.05) is 5.32 Å². The van der Waals surface area contributed by atoms with Crippen LogP contribution in [-0.2, 0) is 0 Å². The Morgan fingerprint density at radius 3 is 2.42 bits per heavy atom. The number of carbonyl (C=O) groups excluding carboxylic acids is 2. The molecule has 0 spiro atoms. The number of hydrogen-bond donors (Lipinski definition) is 4. The lowest BCUT2D eigenvalue weighted by Crippen LogP contribution is -2.38. The Balaban J connectivity index is 1.88. The van der Waals surface area contributed by atoms with E-state index in [2.05, 4.69) is 16.0 Å². The Hall–Kier alpha value is -2.24. The van der Waals surface area contributed by atoms with E-state index in [0.29, 0.717) is 11.7 Å². The number of rotatable bonds is 4. The second-order valence-corrected chi connectivity index (χ2v) is 4.73. The van der Waals surface area contributed by atoms with Gasteiger partial charge in [-0.25, -0.2) is 9.59 Å². The Labute approximate surface area is 111 Å². The molecule has 1 aliphatic rings. The number of primary amides is 1. The number of hydrogen-bond acceptors (Lipinski definition) is 2. The van der Waals surface area contributed by atoms with Gasteiger partial charge in [0.15, 0.2) is 0 Å². The molecule has 0 aliphatic heterocycles. The summed E-state index contributed by atoms with van der Waals surface area (Å²) in [5, 5.41) is 8.22. The van der Waals surface area contributed by atoms with Crippen LogP contribution in [0.1, 0.15) is 31.4 Å². The first-order valence-corrected chi connectivity index (χ1v) is 6.28. The molecule has 0 radical (unpaired) electrons. The van der Waals surface area contributed by atoms with Gasteiger partial charge in [-0.1, -0.05) is 12.1 Å². The van der Waals surface area contributed by atoms with Crippen LogP contribution in [0.5, 0.6) is 0 Å². The van der Waals surface area contributed by atoms with Crippen LogP contribution < -0.4 is 21.7 Å². The van der Waals surface area contributed by atoms with Crippen LogP contribution in [0, 0.1) is 0 Å². The molecule has 0 aromatic heterocycles. The SMILES string of the molecule is C[C@H](NC(=O)NC1CC1)c1ccc(NC(N)=O)cc1. The summed E-state index contributed by atoms with van der Waals surface area (Å²) in [4.78, 5) is 22.3. The highest BCUT2D eigenvalue weighted by Crippen LogP contribution is 2.19. The van der Waals surface area contributed by atoms with Crippen LogP contribution in [0.15, 0.2) is 24.3 Å². The predicted octanol–water partition coefficient (Wildman–Crippen LogP) is 1.70. The molecule has 1 atom stereocenters. The molecule has 5 N–H and O–H groups in total. The average molecular weight is 262 g/mol. The van der Waals surface area contributed by atoms with Crippen LogP contribution in [0.4, 0.5) is 15.3 Å². The summed E-state index contributed by atoms with van der Waals surface area (Å²) in [6.45, 7) is 1.91. The van der Waals surface area contributed by atoms with Gasteiger partial charge in [-0.3, -0.25) is 0 Å². The summed E-state index contributed by atoms with van der Waals surface area (Å²) < 4.78 is 0. The summed E-state index contributed by atoms with van der Waals surface area (Å²) in [5.41, 5.74) is 6.61. The highest BCUT2D eigenvalue weighted by Gasteiger charge is 2.23. The largest absolute Gasteiger partial charge is 0.351 e. The Kier molecular flexibility index (Phi) is 3.89. The van der Waals surface area contributed by atoms with E-state index < -0.39 is 6.03 Å². The minimum absolute atomic E-state index is 0.0959. The third-order valence-electron chi connectivity index (χ3n) is 2.94. The van der Waals surface area contributed by atoms with E-state index in [1.54, 1.807) is 12.1 Å². The van der Waals surface area contributed by atoms with Gasteiger partial charge in [-0.15, -0.1) is 0 Å². The summed E-state index contributed by atoms with van der Waals surface area (Å²) in [6.07, 6.45) is 2.13. The van der Waals surface area contributed by atoms with Gasteiger partial charge in [0.1, 0.15) is 0 Å². The smallest absolute Gasteiger partial charge is 0.316 e. The van der Waals surface area contributed by atoms with E-state index in [-0.39, 0.29) is 12.1 Å². The van der Waals surface area contributed by atoms with Gasteiger partial charge < -0.3 is 21.7 Å². The van der Waals surface area contributed by atoms with Crippen LogP contribution in [-0.4, -0.2) is 18.1 Å². The molecule has 0 unspecified atom stereocenters. The molecule has 0 saturated heterocycles. The average Bonchev–Trinajstić information content (AvgIpc) is 3.12. The van der Waals surface area contributed by atoms with Crippen LogP contribution in [0.2, 0.25) is 0 Å². The quantitative estimate of drug-likeness (QED) is 0.664.